The van der Waals surface area contributed by atoms with Crippen LogP contribution in [0.5, 0.6) is 0 Å². The molecule has 1 aromatic rings. The summed E-state index contributed by atoms with van der Waals surface area (Å²) in [7, 11) is 0. The van der Waals surface area contributed by atoms with Crippen LogP contribution in [0.1, 0.15) is 37.0 Å². The number of benzene rings is 1. The van der Waals surface area contributed by atoms with Crippen molar-refractivity contribution in [2.45, 2.75) is 32.7 Å². The van der Waals surface area contributed by atoms with Crippen molar-refractivity contribution in [3.8, 4) is 0 Å². The average molecular weight is 278 g/mol. The van der Waals surface area contributed by atoms with Gasteiger partial charge in [-0.1, -0.05) is 37.0 Å². The molecule has 0 aliphatic heterocycles. The third-order valence-corrected chi connectivity index (χ3v) is 3.18. The first-order valence-corrected chi connectivity index (χ1v) is 6.20. The highest BCUT2D eigenvalue weighted by Crippen LogP contribution is 2.24. The molecule has 0 heterocycles. The largest absolute Gasteiger partial charge is 0.349 e. The summed E-state index contributed by atoms with van der Waals surface area (Å²) < 4.78 is 13.3. The summed E-state index contributed by atoms with van der Waals surface area (Å²) in [6, 6.07) is 2.36. The summed E-state index contributed by atoms with van der Waals surface area (Å²) in [4.78, 5) is 11.9. The third kappa shape index (κ3) is 3.58. The molecule has 0 aliphatic carbocycles. The van der Waals surface area contributed by atoms with Crippen LogP contribution in [0, 0.1) is 5.82 Å². The topological polar surface area (TPSA) is 29.1 Å². The summed E-state index contributed by atoms with van der Waals surface area (Å²) in [6.45, 7) is 3.94. The van der Waals surface area contributed by atoms with Crippen LogP contribution in [0.15, 0.2) is 12.1 Å². The maximum atomic E-state index is 13.3. The fraction of sp³-hybridized carbons (Fsp3) is 0.417. The first-order chi connectivity index (χ1) is 7.99. The maximum absolute atomic E-state index is 13.3. The number of hydrogen-bond acceptors (Lipinski definition) is 1. The maximum Gasteiger partial charge on any atom is 0.253 e. The molecule has 0 aromatic heterocycles. The van der Waals surface area contributed by atoms with Gasteiger partial charge in [-0.15, -0.1) is 0 Å². The Balaban J connectivity index is 2.93. The molecular weight excluding hydrogens is 264 g/mol. The molecule has 5 heteroatoms. The van der Waals surface area contributed by atoms with Crippen molar-refractivity contribution in [1.29, 1.82) is 0 Å². The Kier molecular flexibility index (Phi) is 5.22. The Bertz CT molecular complexity index is 419. The zero-order valence-electron chi connectivity index (χ0n) is 9.69. The predicted molar refractivity (Wildman–Crippen MR) is 68.3 cm³/mol. The lowest BCUT2D eigenvalue weighted by Crippen LogP contribution is -2.34. The first kappa shape index (κ1) is 14.3. The molecule has 0 aliphatic rings. The molecule has 1 amide bonds. The SMILES string of the molecule is CCC(CC)NC(=O)c1cc(F)c(Cl)cc1Cl. The quantitative estimate of drug-likeness (QED) is 0.827. The minimum absolute atomic E-state index is 0.0669. The number of amides is 1. The first-order valence-electron chi connectivity index (χ1n) is 5.45. The normalized spacial score (nSPS) is 10.7. The van der Waals surface area contributed by atoms with Gasteiger partial charge in [-0.25, -0.2) is 4.39 Å². The summed E-state index contributed by atoms with van der Waals surface area (Å²) in [5.74, 6) is -1.02. The lowest BCUT2D eigenvalue weighted by atomic mass is 10.1. The van der Waals surface area contributed by atoms with Gasteiger partial charge in [0.15, 0.2) is 0 Å². The summed E-state index contributed by atoms with van der Waals surface area (Å²) >= 11 is 11.4. The Labute approximate surface area is 110 Å². The highest BCUT2D eigenvalue weighted by atomic mass is 35.5. The van der Waals surface area contributed by atoms with Crippen LogP contribution in [-0.2, 0) is 0 Å². The Hall–Kier alpha value is -0.800. The van der Waals surface area contributed by atoms with Gasteiger partial charge in [-0.3, -0.25) is 4.79 Å². The van der Waals surface area contributed by atoms with Crippen molar-refractivity contribution in [2.75, 3.05) is 0 Å². The molecule has 0 spiro atoms. The number of nitrogens with one attached hydrogen (secondary N) is 1. The van der Waals surface area contributed by atoms with E-state index in [0.29, 0.717) is 0 Å². The highest BCUT2D eigenvalue weighted by molar-refractivity contribution is 6.36. The van der Waals surface area contributed by atoms with Gasteiger partial charge in [0, 0.05) is 6.04 Å². The molecule has 1 N–H and O–H groups in total. The molecule has 2 nitrogen and oxygen atoms in total. The minimum atomic E-state index is -0.647. The van der Waals surface area contributed by atoms with Crippen molar-refractivity contribution < 1.29 is 9.18 Å². The Morgan fingerprint density at radius 3 is 2.41 bits per heavy atom. The number of rotatable bonds is 4. The molecule has 0 bridgehead atoms. The van der Waals surface area contributed by atoms with E-state index < -0.39 is 5.82 Å². The van der Waals surface area contributed by atoms with E-state index in [2.05, 4.69) is 5.32 Å². The van der Waals surface area contributed by atoms with Gasteiger partial charge in [-0.05, 0) is 25.0 Å². The van der Waals surface area contributed by atoms with E-state index in [0.717, 1.165) is 18.9 Å². The van der Waals surface area contributed by atoms with Crippen LogP contribution in [-0.4, -0.2) is 11.9 Å². The van der Waals surface area contributed by atoms with E-state index in [-0.39, 0.29) is 27.6 Å². The van der Waals surface area contributed by atoms with Gasteiger partial charge in [0.05, 0.1) is 15.6 Å². The second-order valence-electron chi connectivity index (χ2n) is 3.73. The third-order valence-electron chi connectivity index (χ3n) is 2.58. The average Bonchev–Trinajstić information content (AvgIpc) is 2.30. The Morgan fingerprint density at radius 1 is 1.29 bits per heavy atom. The molecule has 94 valence electrons. The van der Waals surface area contributed by atoms with E-state index in [9.17, 15) is 9.18 Å². The second kappa shape index (κ2) is 6.22. The van der Waals surface area contributed by atoms with Gasteiger partial charge in [0.1, 0.15) is 5.82 Å². The molecule has 0 fully saturated rings. The molecular formula is C12H14Cl2FNO. The second-order valence-corrected chi connectivity index (χ2v) is 4.55. The molecule has 0 saturated carbocycles. The number of hydrogen-bond donors (Lipinski definition) is 1. The van der Waals surface area contributed by atoms with Gasteiger partial charge in [0.2, 0.25) is 0 Å². The van der Waals surface area contributed by atoms with Crippen molar-refractivity contribution >= 4 is 29.1 Å². The lowest BCUT2D eigenvalue weighted by Gasteiger charge is -2.15. The van der Waals surface area contributed by atoms with Crippen LogP contribution in [0.3, 0.4) is 0 Å². The minimum Gasteiger partial charge on any atom is -0.349 e. The highest BCUT2D eigenvalue weighted by Gasteiger charge is 2.16. The summed E-state index contributed by atoms with van der Waals surface area (Å²) in [5, 5.41) is 2.85. The Morgan fingerprint density at radius 2 is 1.88 bits per heavy atom. The molecule has 0 saturated heterocycles. The summed E-state index contributed by atoms with van der Waals surface area (Å²) in [6.07, 6.45) is 1.63. The molecule has 1 rings (SSSR count). The van der Waals surface area contributed by atoms with E-state index in [1.807, 2.05) is 13.8 Å². The fourth-order valence-corrected chi connectivity index (χ4v) is 1.92. The van der Waals surface area contributed by atoms with Gasteiger partial charge >= 0.3 is 0 Å². The monoisotopic (exact) mass is 277 g/mol. The van der Waals surface area contributed by atoms with Gasteiger partial charge in [0.25, 0.3) is 5.91 Å². The van der Waals surface area contributed by atoms with E-state index >= 15 is 0 Å². The molecule has 0 unspecified atom stereocenters. The molecule has 1 aromatic carbocycles. The number of carbonyl (C=O) groups is 1. The van der Waals surface area contributed by atoms with Crippen LogP contribution in [0.25, 0.3) is 0 Å². The fourth-order valence-electron chi connectivity index (χ4n) is 1.45. The van der Waals surface area contributed by atoms with Gasteiger partial charge in [-0.2, -0.15) is 0 Å². The zero-order chi connectivity index (χ0) is 13.0. The van der Waals surface area contributed by atoms with E-state index in [4.69, 9.17) is 23.2 Å². The van der Waals surface area contributed by atoms with Crippen LogP contribution < -0.4 is 5.32 Å². The van der Waals surface area contributed by atoms with Crippen LogP contribution in [0.4, 0.5) is 4.39 Å². The van der Waals surface area contributed by atoms with Crippen LogP contribution >= 0.6 is 23.2 Å². The van der Waals surface area contributed by atoms with E-state index in [1.165, 1.54) is 6.07 Å². The van der Waals surface area contributed by atoms with Crippen LogP contribution in [0.2, 0.25) is 10.0 Å². The molecule has 0 atom stereocenters. The smallest absolute Gasteiger partial charge is 0.253 e. The van der Waals surface area contributed by atoms with Crippen molar-refractivity contribution in [3.63, 3.8) is 0 Å². The lowest BCUT2D eigenvalue weighted by molar-refractivity contribution is 0.0934. The standard InChI is InChI=1S/C12H14Cl2FNO/c1-3-7(4-2)16-12(17)8-5-11(15)10(14)6-9(8)13/h5-7H,3-4H2,1-2H3,(H,16,17). The van der Waals surface area contributed by atoms with Gasteiger partial charge < -0.3 is 5.32 Å². The molecule has 0 radical (unpaired) electrons. The molecule has 17 heavy (non-hydrogen) atoms. The summed E-state index contributed by atoms with van der Waals surface area (Å²) in [5.41, 5.74) is 0.112. The predicted octanol–water partition coefficient (Wildman–Crippen LogP) is 4.05. The number of carbonyl (C=O) groups excluding carboxylic acids is 1. The number of halogens is 3. The van der Waals surface area contributed by atoms with Crippen molar-refractivity contribution in [1.82, 2.24) is 5.32 Å². The van der Waals surface area contributed by atoms with Crippen molar-refractivity contribution in [2.24, 2.45) is 0 Å². The zero-order valence-corrected chi connectivity index (χ0v) is 11.2. The van der Waals surface area contributed by atoms with Crippen molar-refractivity contribution in [3.05, 3.63) is 33.6 Å². The van der Waals surface area contributed by atoms with E-state index in [1.54, 1.807) is 0 Å².